The van der Waals surface area contributed by atoms with E-state index in [0.717, 1.165) is 10.0 Å². The molecule has 0 saturated carbocycles. The zero-order valence-electron chi connectivity index (χ0n) is 10.5. The fraction of sp³-hybridized carbons (Fsp3) is 0.200. The minimum absolute atomic E-state index is 0.180. The lowest BCUT2D eigenvalue weighted by molar-refractivity contribution is 0.569. The molecule has 1 N–H and O–H groups in total. The van der Waals surface area contributed by atoms with E-state index >= 15 is 0 Å². The lowest BCUT2D eigenvalue weighted by atomic mass is 10.1. The molecule has 0 aliphatic rings. The first-order valence-electron chi connectivity index (χ1n) is 5.98. The van der Waals surface area contributed by atoms with Gasteiger partial charge in [-0.2, -0.15) is 0 Å². The highest BCUT2D eigenvalue weighted by Crippen LogP contribution is 2.19. The number of hydrogen-bond acceptors (Lipinski definition) is 1. The van der Waals surface area contributed by atoms with Crippen molar-refractivity contribution < 1.29 is 4.39 Å². The molecule has 0 amide bonds. The molecule has 100 valence electrons. The van der Waals surface area contributed by atoms with Crippen molar-refractivity contribution in [2.24, 2.45) is 0 Å². The molecular formula is C15H14BrClFN. The van der Waals surface area contributed by atoms with Crippen molar-refractivity contribution in [2.45, 2.75) is 19.5 Å². The summed E-state index contributed by atoms with van der Waals surface area (Å²) in [5.74, 6) is -0.306. The summed E-state index contributed by atoms with van der Waals surface area (Å²) in [6.45, 7) is 2.65. The third-order valence-corrected chi connectivity index (χ3v) is 3.59. The van der Waals surface area contributed by atoms with Gasteiger partial charge in [0.2, 0.25) is 0 Å². The number of hydrogen-bond donors (Lipinski definition) is 1. The van der Waals surface area contributed by atoms with E-state index in [4.69, 9.17) is 11.6 Å². The third kappa shape index (κ3) is 4.30. The van der Waals surface area contributed by atoms with E-state index < -0.39 is 0 Å². The maximum absolute atomic E-state index is 13.2. The molecule has 0 fully saturated rings. The van der Waals surface area contributed by atoms with Crippen LogP contribution in [0.3, 0.4) is 0 Å². The number of halogens is 3. The van der Waals surface area contributed by atoms with Gasteiger partial charge in [-0.25, -0.2) is 4.39 Å². The van der Waals surface area contributed by atoms with Gasteiger partial charge in [0.25, 0.3) is 0 Å². The van der Waals surface area contributed by atoms with E-state index in [0.29, 0.717) is 11.6 Å². The predicted molar refractivity (Wildman–Crippen MR) is 80.8 cm³/mol. The highest BCUT2D eigenvalue weighted by Gasteiger charge is 2.06. The highest BCUT2D eigenvalue weighted by atomic mass is 79.9. The molecule has 0 radical (unpaired) electrons. The summed E-state index contributed by atoms with van der Waals surface area (Å²) in [5, 5.41) is 3.77. The summed E-state index contributed by atoms with van der Waals surface area (Å²) in [4.78, 5) is 0. The maximum atomic E-state index is 13.2. The Labute approximate surface area is 125 Å². The Morgan fingerprint density at radius 3 is 2.74 bits per heavy atom. The van der Waals surface area contributed by atoms with Crippen LogP contribution in [0.2, 0.25) is 5.02 Å². The summed E-state index contributed by atoms with van der Waals surface area (Å²) in [6.07, 6.45) is 0. The topological polar surface area (TPSA) is 12.0 Å². The van der Waals surface area contributed by atoms with Gasteiger partial charge in [-0.3, -0.25) is 0 Å². The van der Waals surface area contributed by atoms with Gasteiger partial charge < -0.3 is 5.32 Å². The van der Waals surface area contributed by atoms with E-state index in [1.807, 2.05) is 12.1 Å². The molecule has 2 rings (SSSR count). The molecular weight excluding hydrogens is 329 g/mol. The zero-order valence-corrected chi connectivity index (χ0v) is 12.8. The van der Waals surface area contributed by atoms with Crippen LogP contribution in [-0.2, 0) is 6.54 Å². The van der Waals surface area contributed by atoms with Crippen LogP contribution in [0.1, 0.15) is 24.1 Å². The second-order valence-electron chi connectivity index (χ2n) is 4.44. The van der Waals surface area contributed by atoms with Crippen LogP contribution in [0.15, 0.2) is 46.9 Å². The summed E-state index contributed by atoms with van der Waals surface area (Å²) >= 11 is 9.28. The van der Waals surface area contributed by atoms with Crippen molar-refractivity contribution in [3.05, 3.63) is 68.9 Å². The second-order valence-corrected chi connectivity index (χ2v) is 5.79. The van der Waals surface area contributed by atoms with Gasteiger partial charge in [-0.05, 0) is 48.4 Å². The number of benzene rings is 2. The molecule has 0 aromatic heterocycles. The highest BCUT2D eigenvalue weighted by molar-refractivity contribution is 9.10. The molecule has 2 aromatic carbocycles. The minimum atomic E-state index is -0.306. The average molecular weight is 343 g/mol. The van der Waals surface area contributed by atoms with E-state index in [2.05, 4.69) is 40.3 Å². The van der Waals surface area contributed by atoms with Crippen LogP contribution < -0.4 is 5.32 Å². The average Bonchev–Trinajstić information content (AvgIpc) is 2.35. The van der Waals surface area contributed by atoms with Crippen molar-refractivity contribution in [1.82, 2.24) is 5.32 Å². The normalized spacial score (nSPS) is 12.4. The molecule has 4 heteroatoms. The summed E-state index contributed by atoms with van der Waals surface area (Å²) in [6, 6.07) is 12.9. The standard InChI is InChI=1S/C15H14BrClFN/c1-10(12-3-2-4-13(16)7-12)19-9-11-5-14(17)8-15(18)6-11/h2-8,10,19H,9H2,1H3/t10-/m1/s1. The Balaban J connectivity index is 2.02. The van der Waals surface area contributed by atoms with Crippen molar-refractivity contribution in [3.8, 4) is 0 Å². The molecule has 0 unspecified atom stereocenters. The summed E-state index contributed by atoms with van der Waals surface area (Å²) in [7, 11) is 0. The molecule has 0 saturated heterocycles. The van der Waals surface area contributed by atoms with Crippen LogP contribution >= 0.6 is 27.5 Å². The Morgan fingerprint density at radius 1 is 1.26 bits per heavy atom. The smallest absolute Gasteiger partial charge is 0.125 e. The Bertz CT molecular complexity index is 554. The molecule has 1 nitrogen and oxygen atoms in total. The van der Waals surface area contributed by atoms with Crippen LogP contribution in [0.5, 0.6) is 0 Å². The van der Waals surface area contributed by atoms with Crippen molar-refractivity contribution in [3.63, 3.8) is 0 Å². The van der Waals surface area contributed by atoms with Gasteiger partial charge >= 0.3 is 0 Å². The first-order chi connectivity index (χ1) is 9.04. The summed E-state index contributed by atoms with van der Waals surface area (Å²) in [5.41, 5.74) is 2.02. The van der Waals surface area contributed by atoms with E-state index in [1.54, 1.807) is 6.07 Å². The van der Waals surface area contributed by atoms with Gasteiger partial charge in [0.1, 0.15) is 5.82 Å². The van der Waals surface area contributed by atoms with E-state index in [1.165, 1.54) is 17.7 Å². The zero-order chi connectivity index (χ0) is 13.8. The number of nitrogens with one attached hydrogen (secondary N) is 1. The van der Waals surface area contributed by atoms with Crippen LogP contribution in [0.25, 0.3) is 0 Å². The lowest BCUT2D eigenvalue weighted by Crippen LogP contribution is -2.18. The van der Waals surface area contributed by atoms with Crippen LogP contribution in [0, 0.1) is 5.82 Å². The molecule has 0 aliphatic heterocycles. The fourth-order valence-electron chi connectivity index (χ4n) is 1.88. The minimum Gasteiger partial charge on any atom is -0.306 e. The van der Waals surface area contributed by atoms with Crippen molar-refractivity contribution in [1.29, 1.82) is 0 Å². The van der Waals surface area contributed by atoms with Gasteiger partial charge in [-0.15, -0.1) is 0 Å². The maximum Gasteiger partial charge on any atom is 0.125 e. The fourth-order valence-corrected chi connectivity index (χ4v) is 2.54. The Kier molecular flexibility index (Phi) is 4.97. The quantitative estimate of drug-likeness (QED) is 0.816. The largest absolute Gasteiger partial charge is 0.306 e. The van der Waals surface area contributed by atoms with Crippen LogP contribution in [-0.4, -0.2) is 0 Å². The van der Waals surface area contributed by atoms with Crippen molar-refractivity contribution in [2.75, 3.05) is 0 Å². The Hall–Kier alpha value is -0.900. The molecule has 2 aromatic rings. The lowest BCUT2D eigenvalue weighted by Gasteiger charge is -2.15. The van der Waals surface area contributed by atoms with Gasteiger partial charge in [0, 0.05) is 22.1 Å². The molecule has 0 bridgehead atoms. The third-order valence-electron chi connectivity index (χ3n) is 2.88. The van der Waals surface area contributed by atoms with E-state index in [-0.39, 0.29) is 11.9 Å². The molecule has 0 aliphatic carbocycles. The first-order valence-corrected chi connectivity index (χ1v) is 7.15. The van der Waals surface area contributed by atoms with E-state index in [9.17, 15) is 4.39 Å². The van der Waals surface area contributed by atoms with Crippen LogP contribution in [0.4, 0.5) is 4.39 Å². The van der Waals surface area contributed by atoms with Crippen molar-refractivity contribution >= 4 is 27.5 Å². The van der Waals surface area contributed by atoms with Gasteiger partial charge in [-0.1, -0.05) is 39.7 Å². The number of rotatable bonds is 4. The first kappa shape index (κ1) is 14.5. The second kappa shape index (κ2) is 6.51. The molecule has 0 heterocycles. The molecule has 0 spiro atoms. The summed E-state index contributed by atoms with van der Waals surface area (Å²) < 4.78 is 14.3. The SMILES string of the molecule is C[C@@H](NCc1cc(F)cc(Cl)c1)c1cccc(Br)c1. The van der Waals surface area contributed by atoms with Gasteiger partial charge in [0.15, 0.2) is 0 Å². The molecule has 1 atom stereocenters. The predicted octanol–water partition coefficient (Wildman–Crippen LogP) is 5.09. The van der Waals surface area contributed by atoms with Gasteiger partial charge in [0.05, 0.1) is 0 Å². The monoisotopic (exact) mass is 341 g/mol. The Morgan fingerprint density at radius 2 is 2.05 bits per heavy atom. The molecule has 19 heavy (non-hydrogen) atoms.